The van der Waals surface area contributed by atoms with Gasteiger partial charge in [0, 0.05) is 32.7 Å². The van der Waals surface area contributed by atoms with Crippen molar-refractivity contribution in [2.45, 2.75) is 19.4 Å². The number of nitrogens with zero attached hydrogens (tertiary/aromatic N) is 3. The van der Waals surface area contributed by atoms with Crippen molar-refractivity contribution in [3.05, 3.63) is 30.1 Å². The first-order valence-corrected chi connectivity index (χ1v) is 8.72. The Bertz CT molecular complexity index is 573. The molecule has 1 N–H and O–H groups in total. The van der Waals surface area contributed by atoms with E-state index in [-0.39, 0.29) is 23.7 Å². The summed E-state index contributed by atoms with van der Waals surface area (Å²) in [4.78, 5) is 18.5. The molecule has 2 aliphatic rings. The van der Waals surface area contributed by atoms with Gasteiger partial charge in [0.05, 0.1) is 18.3 Å². The van der Waals surface area contributed by atoms with Crippen molar-refractivity contribution < 1.29 is 14.3 Å². The number of carbonyl (C=O) groups excluding carboxylic acids is 1. The van der Waals surface area contributed by atoms with E-state index in [1.54, 1.807) is 12.1 Å². The van der Waals surface area contributed by atoms with Gasteiger partial charge in [0.25, 0.3) is 0 Å². The number of hydrogen-bond donors (Lipinski definition) is 1. The molecular weight excluding hydrogens is 309 g/mol. The van der Waals surface area contributed by atoms with Crippen LogP contribution in [0.15, 0.2) is 24.3 Å². The average Bonchev–Trinajstić information content (AvgIpc) is 3.04. The number of hydrogen-bond acceptors (Lipinski definition) is 4. The lowest BCUT2D eigenvalue weighted by atomic mass is 10.0. The molecule has 24 heavy (non-hydrogen) atoms. The third-order valence-corrected chi connectivity index (χ3v) is 5.18. The van der Waals surface area contributed by atoms with Gasteiger partial charge >= 0.3 is 0 Å². The van der Waals surface area contributed by atoms with Crippen LogP contribution in [-0.2, 0) is 4.79 Å². The highest BCUT2D eigenvalue weighted by molar-refractivity contribution is 5.78. The van der Waals surface area contributed by atoms with E-state index in [1.165, 1.54) is 6.07 Å². The molecule has 6 heteroatoms. The highest BCUT2D eigenvalue weighted by atomic mass is 19.1. The van der Waals surface area contributed by atoms with Crippen LogP contribution in [0.3, 0.4) is 0 Å². The Kier molecular flexibility index (Phi) is 5.36. The highest BCUT2D eigenvalue weighted by Gasteiger charge is 2.29. The van der Waals surface area contributed by atoms with Crippen LogP contribution in [0.4, 0.5) is 10.1 Å². The van der Waals surface area contributed by atoms with E-state index in [2.05, 4.69) is 4.90 Å². The summed E-state index contributed by atoms with van der Waals surface area (Å²) < 4.78 is 13.9. The fourth-order valence-corrected chi connectivity index (χ4v) is 3.60. The van der Waals surface area contributed by atoms with E-state index in [9.17, 15) is 14.3 Å². The number of piperazine rings is 1. The Morgan fingerprint density at radius 1 is 1.25 bits per heavy atom. The van der Waals surface area contributed by atoms with Crippen LogP contribution >= 0.6 is 0 Å². The summed E-state index contributed by atoms with van der Waals surface area (Å²) in [5.41, 5.74) is 0.615. The van der Waals surface area contributed by atoms with Gasteiger partial charge in [-0.3, -0.25) is 9.69 Å². The van der Waals surface area contributed by atoms with Crippen LogP contribution in [0.2, 0.25) is 0 Å². The maximum Gasteiger partial charge on any atom is 0.236 e. The van der Waals surface area contributed by atoms with Crippen molar-refractivity contribution in [2.24, 2.45) is 5.92 Å². The zero-order chi connectivity index (χ0) is 17.1. The molecule has 1 aromatic carbocycles. The zero-order valence-corrected chi connectivity index (χ0v) is 14.2. The number of carbonyl (C=O) groups is 1. The fraction of sp³-hybridized carbons (Fsp3) is 0.611. The van der Waals surface area contributed by atoms with Crippen LogP contribution in [0, 0.1) is 11.7 Å². The SMILES string of the molecule is CC(O)C1CCN(CC(=O)N2CCN(c3ccccc3F)CC2)C1. The smallest absolute Gasteiger partial charge is 0.236 e. The second-order valence-corrected chi connectivity index (χ2v) is 6.84. The van der Waals surface area contributed by atoms with Crippen molar-refractivity contribution in [1.29, 1.82) is 0 Å². The quantitative estimate of drug-likeness (QED) is 0.898. The van der Waals surface area contributed by atoms with E-state index in [1.807, 2.05) is 22.8 Å². The number of anilines is 1. The van der Waals surface area contributed by atoms with Gasteiger partial charge in [0.1, 0.15) is 5.82 Å². The predicted octanol–water partition coefficient (Wildman–Crippen LogP) is 1.18. The number of para-hydroxylation sites is 1. The van der Waals surface area contributed by atoms with E-state index >= 15 is 0 Å². The van der Waals surface area contributed by atoms with Crippen molar-refractivity contribution in [3.63, 3.8) is 0 Å². The van der Waals surface area contributed by atoms with Gasteiger partial charge in [-0.05, 0) is 37.9 Å². The molecule has 0 aromatic heterocycles. The lowest BCUT2D eigenvalue weighted by molar-refractivity contribution is -0.132. The summed E-state index contributed by atoms with van der Waals surface area (Å²) in [6.07, 6.45) is 0.640. The van der Waals surface area contributed by atoms with E-state index < -0.39 is 0 Å². The number of likely N-dealkylation sites (tertiary alicyclic amines) is 1. The molecule has 2 atom stereocenters. The number of aliphatic hydroxyl groups is 1. The first-order valence-electron chi connectivity index (χ1n) is 8.72. The summed E-state index contributed by atoms with van der Waals surface area (Å²) in [5, 5.41) is 9.65. The highest BCUT2D eigenvalue weighted by Crippen LogP contribution is 2.21. The van der Waals surface area contributed by atoms with Crippen LogP contribution in [0.1, 0.15) is 13.3 Å². The van der Waals surface area contributed by atoms with E-state index in [4.69, 9.17) is 0 Å². The molecule has 0 saturated carbocycles. The summed E-state index contributed by atoms with van der Waals surface area (Å²) in [6, 6.07) is 6.78. The summed E-state index contributed by atoms with van der Waals surface area (Å²) >= 11 is 0. The van der Waals surface area contributed by atoms with Gasteiger partial charge < -0.3 is 14.9 Å². The first-order chi connectivity index (χ1) is 11.5. The largest absolute Gasteiger partial charge is 0.393 e. The summed E-state index contributed by atoms with van der Waals surface area (Å²) in [5.74, 6) is 0.198. The summed E-state index contributed by atoms with van der Waals surface area (Å²) in [6.45, 7) is 6.46. The molecule has 2 saturated heterocycles. The van der Waals surface area contributed by atoms with Crippen LogP contribution in [-0.4, -0.2) is 72.7 Å². The molecule has 2 heterocycles. The zero-order valence-electron chi connectivity index (χ0n) is 14.2. The molecule has 0 aliphatic carbocycles. The third kappa shape index (κ3) is 3.87. The minimum Gasteiger partial charge on any atom is -0.393 e. The predicted molar refractivity (Wildman–Crippen MR) is 91.4 cm³/mol. The molecule has 2 fully saturated rings. The maximum atomic E-state index is 13.9. The minimum atomic E-state index is -0.311. The van der Waals surface area contributed by atoms with Gasteiger partial charge in [0.2, 0.25) is 5.91 Å². The number of benzene rings is 1. The molecule has 5 nitrogen and oxygen atoms in total. The molecule has 2 unspecified atom stereocenters. The Labute approximate surface area is 142 Å². The molecule has 0 spiro atoms. The molecule has 1 aromatic rings. The normalized spacial score (nSPS) is 23.5. The number of halogens is 1. The number of rotatable bonds is 4. The second-order valence-electron chi connectivity index (χ2n) is 6.84. The lowest BCUT2D eigenvalue weighted by Crippen LogP contribution is -2.51. The molecule has 1 amide bonds. The molecule has 2 aliphatic heterocycles. The number of amides is 1. The standard InChI is InChI=1S/C18H26FN3O2/c1-14(23)15-6-7-20(12-15)13-18(24)22-10-8-21(9-11-22)17-5-3-2-4-16(17)19/h2-5,14-15,23H,6-13H2,1H3. The lowest BCUT2D eigenvalue weighted by Gasteiger charge is -2.36. The Hall–Kier alpha value is -1.66. The van der Waals surface area contributed by atoms with Gasteiger partial charge in [0.15, 0.2) is 0 Å². The first kappa shape index (κ1) is 17.2. The van der Waals surface area contributed by atoms with Crippen LogP contribution in [0.5, 0.6) is 0 Å². The monoisotopic (exact) mass is 335 g/mol. The van der Waals surface area contributed by atoms with E-state index in [0.717, 1.165) is 19.5 Å². The maximum absolute atomic E-state index is 13.9. The molecule has 0 bridgehead atoms. The van der Waals surface area contributed by atoms with Crippen LogP contribution in [0.25, 0.3) is 0 Å². The van der Waals surface area contributed by atoms with Crippen molar-refractivity contribution >= 4 is 11.6 Å². The van der Waals surface area contributed by atoms with E-state index in [0.29, 0.717) is 38.4 Å². The van der Waals surface area contributed by atoms with Crippen LogP contribution < -0.4 is 4.90 Å². The summed E-state index contributed by atoms with van der Waals surface area (Å²) in [7, 11) is 0. The average molecular weight is 335 g/mol. The Morgan fingerprint density at radius 2 is 1.96 bits per heavy atom. The fourth-order valence-electron chi connectivity index (χ4n) is 3.60. The van der Waals surface area contributed by atoms with Gasteiger partial charge in [-0.1, -0.05) is 12.1 Å². The molecule has 3 rings (SSSR count). The molecule has 132 valence electrons. The minimum absolute atomic E-state index is 0.134. The van der Waals surface area contributed by atoms with Gasteiger partial charge in [-0.25, -0.2) is 4.39 Å². The Morgan fingerprint density at radius 3 is 2.58 bits per heavy atom. The van der Waals surface area contributed by atoms with Crippen molar-refractivity contribution in [2.75, 3.05) is 50.7 Å². The van der Waals surface area contributed by atoms with Crippen molar-refractivity contribution in [3.8, 4) is 0 Å². The second kappa shape index (κ2) is 7.49. The topological polar surface area (TPSA) is 47.0 Å². The number of aliphatic hydroxyl groups excluding tert-OH is 1. The third-order valence-electron chi connectivity index (χ3n) is 5.18. The van der Waals surface area contributed by atoms with Gasteiger partial charge in [-0.2, -0.15) is 0 Å². The molecular formula is C18H26FN3O2. The van der Waals surface area contributed by atoms with Gasteiger partial charge in [-0.15, -0.1) is 0 Å². The van der Waals surface area contributed by atoms with Crippen molar-refractivity contribution in [1.82, 2.24) is 9.80 Å². The molecule has 0 radical (unpaired) electrons. The Balaban J connectivity index is 1.48.